The molecule has 76 valence electrons. The van der Waals surface area contributed by atoms with Crippen LogP contribution in [0.25, 0.3) is 0 Å². The molecule has 4 N–H and O–H groups in total. The standard InChI is InChI=1S/C9H14N4O/c1-6-4-12-8(3-7(6)10)13-5-9(14)11-2/h3-4H,5H2,1-2H3,(H,11,14)(H3,10,12,13). The fourth-order valence-corrected chi connectivity index (χ4v) is 0.895. The summed E-state index contributed by atoms with van der Waals surface area (Å²) in [6.45, 7) is 2.08. The average molecular weight is 194 g/mol. The molecule has 5 heteroatoms. The lowest BCUT2D eigenvalue weighted by Crippen LogP contribution is -2.26. The van der Waals surface area contributed by atoms with Gasteiger partial charge in [-0.15, -0.1) is 0 Å². The highest BCUT2D eigenvalue weighted by Gasteiger charge is 2.00. The molecule has 0 saturated carbocycles. The molecule has 0 aromatic carbocycles. The Morgan fingerprint density at radius 1 is 1.64 bits per heavy atom. The fraction of sp³-hybridized carbons (Fsp3) is 0.333. The molecule has 0 bridgehead atoms. The van der Waals surface area contributed by atoms with Crippen LogP contribution in [0, 0.1) is 6.92 Å². The Morgan fingerprint density at radius 3 is 2.93 bits per heavy atom. The minimum Gasteiger partial charge on any atom is -0.398 e. The number of aromatic nitrogens is 1. The predicted octanol–water partition coefficient (Wildman–Crippen LogP) is 0.130. The third kappa shape index (κ3) is 2.62. The van der Waals surface area contributed by atoms with Crippen LogP contribution < -0.4 is 16.4 Å². The van der Waals surface area contributed by atoms with E-state index in [1.165, 1.54) is 0 Å². The van der Waals surface area contributed by atoms with Crippen molar-refractivity contribution in [3.05, 3.63) is 17.8 Å². The first kappa shape index (κ1) is 10.3. The molecule has 0 saturated heterocycles. The summed E-state index contributed by atoms with van der Waals surface area (Å²) in [6, 6.07) is 1.71. The van der Waals surface area contributed by atoms with Crippen molar-refractivity contribution in [2.75, 3.05) is 24.6 Å². The molecule has 1 rings (SSSR count). The lowest BCUT2D eigenvalue weighted by molar-refractivity contribution is -0.118. The van der Waals surface area contributed by atoms with E-state index in [1.807, 2.05) is 6.92 Å². The van der Waals surface area contributed by atoms with Crippen LogP contribution in [-0.4, -0.2) is 24.5 Å². The van der Waals surface area contributed by atoms with E-state index in [9.17, 15) is 4.79 Å². The molecule has 0 spiro atoms. The van der Waals surface area contributed by atoms with E-state index in [2.05, 4.69) is 15.6 Å². The quantitative estimate of drug-likeness (QED) is 0.639. The Labute approximate surface area is 82.7 Å². The van der Waals surface area contributed by atoms with Crippen LogP contribution in [0.1, 0.15) is 5.56 Å². The molecule has 1 amide bonds. The SMILES string of the molecule is CNC(=O)CNc1cc(N)c(C)cn1. The second kappa shape index (κ2) is 4.45. The summed E-state index contributed by atoms with van der Waals surface area (Å²) in [6.07, 6.45) is 1.67. The van der Waals surface area contributed by atoms with Crippen LogP contribution in [0.5, 0.6) is 0 Å². The largest absolute Gasteiger partial charge is 0.398 e. The van der Waals surface area contributed by atoms with E-state index in [4.69, 9.17) is 5.73 Å². The van der Waals surface area contributed by atoms with E-state index >= 15 is 0 Å². The van der Waals surface area contributed by atoms with E-state index in [0.29, 0.717) is 11.5 Å². The van der Waals surface area contributed by atoms with E-state index in [-0.39, 0.29) is 12.5 Å². The zero-order chi connectivity index (χ0) is 10.6. The van der Waals surface area contributed by atoms with Crippen LogP contribution in [0.15, 0.2) is 12.3 Å². The normalized spacial score (nSPS) is 9.57. The zero-order valence-electron chi connectivity index (χ0n) is 8.29. The van der Waals surface area contributed by atoms with E-state index < -0.39 is 0 Å². The number of aryl methyl sites for hydroxylation is 1. The lowest BCUT2D eigenvalue weighted by Gasteiger charge is -2.06. The van der Waals surface area contributed by atoms with Crippen molar-refractivity contribution in [3.63, 3.8) is 0 Å². The minimum atomic E-state index is -0.0917. The molecule has 0 aliphatic rings. The number of carbonyl (C=O) groups is 1. The Bertz CT molecular complexity index is 338. The topological polar surface area (TPSA) is 80.0 Å². The third-order valence-corrected chi connectivity index (χ3v) is 1.85. The van der Waals surface area contributed by atoms with Gasteiger partial charge in [0.25, 0.3) is 0 Å². The van der Waals surface area contributed by atoms with Crippen LogP contribution in [-0.2, 0) is 4.79 Å². The van der Waals surface area contributed by atoms with Gasteiger partial charge >= 0.3 is 0 Å². The summed E-state index contributed by atoms with van der Waals surface area (Å²) < 4.78 is 0. The van der Waals surface area contributed by atoms with Crippen molar-refractivity contribution in [2.24, 2.45) is 0 Å². The average Bonchev–Trinajstić information content (AvgIpc) is 2.19. The number of rotatable bonds is 3. The summed E-state index contributed by atoms with van der Waals surface area (Å²) in [5.74, 6) is 0.516. The molecule has 14 heavy (non-hydrogen) atoms. The van der Waals surface area contributed by atoms with Gasteiger partial charge in [-0.3, -0.25) is 4.79 Å². The Balaban J connectivity index is 2.60. The highest BCUT2D eigenvalue weighted by Crippen LogP contribution is 2.12. The van der Waals surface area contributed by atoms with Crippen LogP contribution in [0.3, 0.4) is 0 Å². The summed E-state index contributed by atoms with van der Waals surface area (Å²) in [5, 5.41) is 5.36. The summed E-state index contributed by atoms with van der Waals surface area (Å²) in [5.41, 5.74) is 7.27. The Morgan fingerprint density at radius 2 is 2.36 bits per heavy atom. The molecule has 1 heterocycles. The smallest absolute Gasteiger partial charge is 0.239 e. The molecule has 0 aliphatic heterocycles. The fourth-order valence-electron chi connectivity index (χ4n) is 0.895. The molecular formula is C9H14N4O. The van der Waals surface area contributed by atoms with Gasteiger partial charge in [-0.2, -0.15) is 0 Å². The van der Waals surface area contributed by atoms with Crippen molar-refractivity contribution in [1.82, 2.24) is 10.3 Å². The number of carbonyl (C=O) groups excluding carboxylic acids is 1. The molecule has 0 unspecified atom stereocenters. The Hall–Kier alpha value is -1.78. The summed E-state index contributed by atoms with van der Waals surface area (Å²) in [7, 11) is 1.58. The summed E-state index contributed by atoms with van der Waals surface area (Å²) in [4.78, 5) is 15.0. The lowest BCUT2D eigenvalue weighted by atomic mass is 10.2. The van der Waals surface area contributed by atoms with Crippen molar-refractivity contribution in [2.45, 2.75) is 6.92 Å². The predicted molar refractivity (Wildman–Crippen MR) is 55.9 cm³/mol. The second-order valence-electron chi connectivity index (χ2n) is 2.95. The molecular weight excluding hydrogens is 180 g/mol. The number of pyridine rings is 1. The number of hydrogen-bond donors (Lipinski definition) is 3. The molecule has 0 fully saturated rings. The van der Waals surface area contributed by atoms with E-state index in [1.54, 1.807) is 19.3 Å². The number of anilines is 2. The first-order valence-electron chi connectivity index (χ1n) is 4.30. The first-order chi connectivity index (χ1) is 6.63. The maximum absolute atomic E-state index is 10.9. The molecule has 0 atom stereocenters. The van der Waals surface area contributed by atoms with Crippen molar-refractivity contribution in [3.8, 4) is 0 Å². The molecule has 1 aromatic rings. The van der Waals surface area contributed by atoms with Crippen LogP contribution in [0.4, 0.5) is 11.5 Å². The van der Waals surface area contributed by atoms with Gasteiger partial charge < -0.3 is 16.4 Å². The van der Waals surface area contributed by atoms with Gasteiger partial charge in [0.05, 0.1) is 6.54 Å². The van der Waals surface area contributed by atoms with Crippen LogP contribution in [0.2, 0.25) is 0 Å². The van der Waals surface area contributed by atoms with Gasteiger partial charge in [-0.1, -0.05) is 0 Å². The van der Waals surface area contributed by atoms with Gasteiger partial charge in [0.1, 0.15) is 5.82 Å². The number of amides is 1. The minimum absolute atomic E-state index is 0.0917. The number of nitrogens with one attached hydrogen (secondary N) is 2. The monoisotopic (exact) mass is 194 g/mol. The van der Waals surface area contributed by atoms with Gasteiger partial charge in [-0.25, -0.2) is 4.98 Å². The first-order valence-corrected chi connectivity index (χ1v) is 4.30. The number of hydrogen-bond acceptors (Lipinski definition) is 4. The highest BCUT2D eigenvalue weighted by molar-refractivity contribution is 5.80. The maximum Gasteiger partial charge on any atom is 0.239 e. The van der Waals surface area contributed by atoms with Crippen molar-refractivity contribution < 1.29 is 4.79 Å². The zero-order valence-corrected chi connectivity index (χ0v) is 8.29. The van der Waals surface area contributed by atoms with Gasteiger partial charge in [-0.05, 0) is 12.5 Å². The van der Waals surface area contributed by atoms with Gasteiger partial charge in [0.15, 0.2) is 0 Å². The second-order valence-corrected chi connectivity index (χ2v) is 2.95. The summed E-state index contributed by atoms with van der Waals surface area (Å²) >= 11 is 0. The molecule has 0 aliphatic carbocycles. The third-order valence-electron chi connectivity index (χ3n) is 1.85. The molecule has 0 radical (unpaired) electrons. The number of nitrogens with two attached hydrogens (primary N) is 1. The number of nitrogens with zero attached hydrogens (tertiary/aromatic N) is 1. The van der Waals surface area contributed by atoms with Crippen LogP contribution >= 0.6 is 0 Å². The van der Waals surface area contributed by atoms with Gasteiger partial charge in [0.2, 0.25) is 5.91 Å². The number of likely N-dealkylation sites (N-methyl/N-ethyl adjacent to an activating group) is 1. The molecule has 5 nitrogen and oxygen atoms in total. The van der Waals surface area contributed by atoms with E-state index in [0.717, 1.165) is 5.56 Å². The maximum atomic E-state index is 10.9. The Kier molecular flexibility index (Phi) is 3.28. The van der Waals surface area contributed by atoms with Gasteiger partial charge in [0, 0.05) is 25.0 Å². The highest BCUT2D eigenvalue weighted by atomic mass is 16.1. The molecule has 1 aromatic heterocycles. The number of nitrogen functional groups attached to an aromatic ring is 1. The van der Waals surface area contributed by atoms with Crippen molar-refractivity contribution >= 4 is 17.4 Å². The van der Waals surface area contributed by atoms with Crippen molar-refractivity contribution in [1.29, 1.82) is 0 Å².